The molecule has 0 amide bonds. The first-order valence-corrected chi connectivity index (χ1v) is 7.22. The molecule has 5 heteroatoms. The fraction of sp³-hybridized carbons (Fsp3) is 0.0714. The summed E-state index contributed by atoms with van der Waals surface area (Å²) in [6, 6.07) is 10.7. The van der Waals surface area contributed by atoms with Gasteiger partial charge in [0.25, 0.3) is 10.1 Å². The van der Waals surface area contributed by atoms with Crippen LogP contribution in [0.15, 0.2) is 53.7 Å². The molecular weight excluding hydrogens is 262 g/mol. The van der Waals surface area contributed by atoms with Crippen molar-refractivity contribution < 1.29 is 17.4 Å². The van der Waals surface area contributed by atoms with E-state index >= 15 is 0 Å². The molecule has 1 aromatic carbocycles. The van der Waals surface area contributed by atoms with Crippen LogP contribution >= 0.6 is 0 Å². The number of benzene rings is 1. The zero-order chi connectivity index (χ0) is 13.6. The standard InChI is InChI=1S/C14H11NO3S/c1-10-11-5-4-7-14(19(16,17)18)12(11)9-15-8-3-2-6-13(10)15/h2-9H,1H3/p+1. The van der Waals surface area contributed by atoms with E-state index < -0.39 is 10.1 Å². The average molecular weight is 274 g/mol. The summed E-state index contributed by atoms with van der Waals surface area (Å²) in [5, 5.41) is 1.34. The SMILES string of the molecule is Cc1c2cccc(S(=O)(=O)O)c2c[n+]2ccccc12. The van der Waals surface area contributed by atoms with Crippen LogP contribution in [0.1, 0.15) is 5.56 Å². The van der Waals surface area contributed by atoms with Gasteiger partial charge in [0.1, 0.15) is 4.90 Å². The fourth-order valence-electron chi connectivity index (χ4n) is 2.39. The Morgan fingerprint density at radius 2 is 1.84 bits per heavy atom. The van der Waals surface area contributed by atoms with Gasteiger partial charge >= 0.3 is 0 Å². The number of hydrogen-bond acceptors (Lipinski definition) is 2. The summed E-state index contributed by atoms with van der Waals surface area (Å²) < 4.78 is 34.0. The van der Waals surface area contributed by atoms with Gasteiger partial charge in [-0.05, 0) is 24.4 Å². The molecule has 0 radical (unpaired) electrons. The van der Waals surface area contributed by atoms with Gasteiger partial charge in [-0.3, -0.25) is 4.55 Å². The van der Waals surface area contributed by atoms with Crippen LogP contribution < -0.4 is 4.40 Å². The Balaban J connectivity index is 2.59. The highest BCUT2D eigenvalue weighted by Gasteiger charge is 2.18. The van der Waals surface area contributed by atoms with Crippen molar-refractivity contribution in [3.05, 3.63) is 54.4 Å². The van der Waals surface area contributed by atoms with Crippen LogP contribution in [0.3, 0.4) is 0 Å². The summed E-state index contributed by atoms with van der Waals surface area (Å²) in [4.78, 5) is -0.0636. The maximum absolute atomic E-state index is 11.4. The van der Waals surface area contributed by atoms with Crippen molar-refractivity contribution in [3.63, 3.8) is 0 Å². The van der Waals surface area contributed by atoms with Crippen molar-refractivity contribution in [2.24, 2.45) is 0 Å². The Morgan fingerprint density at radius 3 is 2.58 bits per heavy atom. The molecule has 2 heterocycles. The van der Waals surface area contributed by atoms with E-state index in [9.17, 15) is 13.0 Å². The minimum Gasteiger partial charge on any atom is -0.282 e. The first-order valence-electron chi connectivity index (χ1n) is 5.78. The zero-order valence-corrected chi connectivity index (χ0v) is 11.1. The lowest BCUT2D eigenvalue weighted by atomic mass is 10.1. The molecule has 4 nitrogen and oxygen atoms in total. The Labute approximate surface area is 110 Å². The van der Waals surface area contributed by atoms with Crippen molar-refractivity contribution in [1.82, 2.24) is 0 Å². The maximum Gasteiger partial charge on any atom is 0.295 e. The third-order valence-electron chi connectivity index (χ3n) is 3.29. The van der Waals surface area contributed by atoms with Crippen LogP contribution in [0.4, 0.5) is 0 Å². The van der Waals surface area contributed by atoms with Crippen LogP contribution in [0, 0.1) is 6.92 Å². The third kappa shape index (κ3) is 1.87. The molecule has 0 spiro atoms. The van der Waals surface area contributed by atoms with Crippen molar-refractivity contribution in [2.75, 3.05) is 0 Å². The van der Waals surface area contributed by atoms with Gasteiger partial charge < -0.3 is 0 Å². The van der Waals surface area contributed by atoms with Crippen molar-refractivity contribution in [3.8, 4) is 0 Å². The largest absolute Gasteiger partial charge is 0.295 e. The van der Waals surface area contributed by atoms with E-state index in [1.54, 1.807) is 12.3 Å². The predicted octanol–water partition coefficient (Wildman–Crippen LogP) is 2.13. The molecule has 3 aromatic rings. The van der Waals surface area contributed by atoms with E-state index in [1.807, 2.05) is 41.8 Å². The van der Waals surface area contributed by atoms with Gasteiger partial charge in [-0.15, -0.1) is 0 Å². The lowest BCUT2D eigenvalue weighted by molar-refractivity contribution is -0.510. The summed E-state index contributed by atoms with van der Waals surface area (Å²) in [6.07, 6.45) is 3.57. The van der Waals surface area contributed by atoms with Crippen molar-refractivity contribution in [1.29, 1.82) is 0 Å². The topological polar surface area (TPSA) is 58.5 Å². The molecule has 3 rings (SSSR count). The van der Waals surface area contributed by atoms with Gasteiger partial charge in [0.15, 0.2) is 12.4 Å². The van der Waals surface area contributed by atoms with Crippen LogP contribution in [-0.4, -0.2) is 13.0 Å². The Morgan fingerprint density at radius 1 is 1.05 bits per heavy atom. The number of hydrogen-bond donors (Lipinski definition) is 1. The smallest absolute Gasteiger partial charge is 0.282 e. The highest BCUT2D eigenvalue weighted by Crippen LogP contribution is 2.25. The second-order valence-corrected chi connectivity index (χ2v) is 5.83. The molecule has 0 fully saturated rings. The number of rotatable bonds is 1. The van der Waals surface area contributed by atoms with Gasteiger partial charge in [-0.25, -0.2) is 0 Å². The Bertz CT molecular complexity index is 901. The number of fused-ring (bicyclic) bond motifs is 2. The molecular formula is C14H12NO3S+. The molecule has 0 aliphatic carbocycles. The van der Waals surface area contributed by atoms with E-state index in [2.05, 4.69) is 0 Å². The lowest BCUT2D eigenvalue weighted by Crippen LogP contribution is -2.21. The molecule has 0 saturated carbocycles. The molecule has 2 aromatic heterocycles. The monoisotopic (exact) mass is 274 g/mol. The summed E-state index contributed by atoms with van der Waals surface area (Å²) >= 11 is 0. The fourth-order valence-corrected chi connectivity index (χ4v) is 3.08. The quantitative estimate of drug-likeness (QED) is 0.420. The molecule has 0 atom stereocenters. The summed E-state index contributed by atoms with van der Waals surface area (Å²) in [5.41, 5.74) is 1.98. The third-order valence-corrected chi connectivity index (χ3v) is 4.20. The van der Waals surface area contributed by atoms with E-state index in [0.29, 0.717) is 5.39 Å². The average Bonchev–Trinajstić information content (AvgIpc) is 2.37. The van der Waals surface area contributed by atoms with E-state index in [4.69, 9.17) is 0 Å². The maximum atomic E-state index is 11.4. The Hall–Kier alpha value is -1.98. The predicted molar refractivity (Wildman–Crippen MR) is 71.7 cm³/mol. The lowest BCUT2D eigenvalue weighted by Gasteiger charge is -2.05. The highest BCUT2D eigenvalue weighted by atomic mass is 32.2. The van der Waals surface area contributed by atoms with Gasteiger partial charge in [0.05, 0.1) is 5.39 Å². The van der Waals surface area contributed by atoms with E-state index in [-0.39, 0.29) is 4.90 Å². The van der Waals surface area contributed by atoms with Crippen molar-refractivity contribution in [2.45, 2.75) is 11.8 Å². The van der Waals surface area contributed by atoms with Crippen LogP contribution in [0.5, 0.6) is 0 Å². The first-order chi connectivity index (χ1) is 8.98. The molecule has 0 unspecified atom stereocenters. The molecule has 0 aliphatic rings. The van der Waals surface area contributed by atoms with E-state index in [1.165, 1.54) is 6.07 Å². The zero-order valence-electron chi connectivity index (χ0n) is 10.2. The van der Waals surface area contributed by atoms with Crippen molar-refractivity contribution >= 4 is 26.4 Å². The van der Waals surface area contributed by atoms with Gasteiger partial charge in [0.2, 0.25) is 5.52 Å². The first kappa shape index (κ1) is 12.1. The second-order valence-electron chi connectivity index (χ2n) is 4.44. The molecule has 19 heavy (non-hydrogen) atoms. The molecule has 0 bridgehead atoms. The number of pyridine rings is 2. The molecule has 0 aliphatic heterocycles. The van der Waals surface area contributed by atoms with E-state index in [0.717, 1.165) is 16.5 Å². The second kappa shape index (κ2) is 4.01. The van der Waals surface area contributed by atoms with Gasteiger partial charge in [0, 0.05) is 17.7 Å². The van der Waals surface area contributed by atoms with Crippen LogP contribution in [0.25, 0.3) is 16.3 Å². The van der Waals surface area contributed by atoms with Gasteiger partial charge in [-0.1, -0.05) is 12.1 Å². The highest BCUT2D eigenvalue weighted by molar-refractivity contribution is 7.86. The number of aromatic nitrogens is 1. The molecule has 1 N–H and O–H groups in total. The molecule has 0 saturated heterocycles. The number of aryl methyl sites for hydroxylation is 1. The minimum atomic E-state index is -4.23. The van der Waals surface area contributed by atoms with Crippen LogP contribution in [0.2, 0.25) is 0 Å². The molecule has 96 valence electrons. The van der Waals surface area contributed by atoms with Crippen LogP contribution in [-0.2, 0) is 10.1 Å². The number of nitrogens with zero attached hydrogens (tertiary/aromatic N) is 1. The normalized spacial score (nSPS) is 12.1. The Kier molecular flexibility index (Phi) is 2.55. The summed E-state index contributed by atoms with van der Waals surface area (Å²) in [5.74, 6) is 0. The minimum absolute atomic E-state index is 0.0636. The van der Waals surface area contributed by atoms with Gasteiger partial charge in [-0.2, -0.15) is 12.8 Å². The summed E-state index contributed by atoms with van der Waals surface area (Å²) in [7, 11) is -4.23. The summed E-state index contributed by atoms with van der Waals surface area (Å²) in [6.45, 7) is 1.94.